The number of ether oxygens (including phenoxy) is 2. The zero-order valence-corrected chi connectivity index (χ0v) is 12.0. The summed E-state index contributed by atoms with van der Waals surface area (Å²) in [6.07, 6.45) is 1.29. The average molecular weight is 332 g/mol. The maximum Gasteiger partial charge on any atom is 0.308 e. The topological polar surface area (TPSA) is 84.5 Å². The molecule has 1 aromatic heterocycles. The lowest BCUT2D eigenvalue weighted by Crippen LogP contribution is -2.44. The molecule has 2 rings (SSSR count). The van der Waals surface area contributed by atoms with E-state index < -0.39 is 0 Å². The second kappa shape index (κ2) is 6.16. The van der Waals surface area contributed by atoms with Crippen LogP contribution in [0.1, 0.15) is 6.42 Å². The number of rotatable bonds is 3. The first-order valence-electron chi connectivity index (χ1n) is 5.78. The molecule has 8 heteroatoms. The summed E-state index contributed by atoms with van der Waals surface area (Å²) in [6.45, 7) is 1.58. The summed E-state index contributed by atoms with van der Waals surface area (Å²) in [5.74, 6) is 0.242. The van der Waals surface area contributed by atoms with Gasteiger partial charge in [0.15, 0.2) is 0 Å². The summed E-state index contributed by atoms with van der Waals surface area (Å²) in [5.41, 5.74) is -0.235. The molecule has 1 aliphatic rings. The van der Waals surface area contributed by atoms with Crippen molar-refractivity contribution in [2.45, 2.75) is 12.5 Å². The molecule has 0 saturated carbocycles. The monoisotopic (exact) mass is 331 g/mol. The van der Waals surface area contributed by atoms with Crippen LogP contribution in [0.15, 0.2) is 15.6 Å². The number of hydrogen-bond donors (Lipinski definition) is 1. The molecule has 0 aliphatic carbocycles. The van der Waals surface area contributed by atoms with Crippen molar-refractivity contribution in [2.24, 2.45) is 0 Å². The van der Waals surface area contributed by atoms with Crippen LogP contribution in [0.4, 0.5) is 5.82 Å². The summed E-state index contributed by atoms with van der Waals surface area (Å²) in [7, 11) is 1.35. The minimum Gasteiger partial charge on any atom is -0.469 e. The van der Waals surface area contributed by atoms with Crippen molar-refractivity contribution in [3.63, 3.8) is 0 Å². The zero-order valence-electron chi connectivity index (χ0n) is 10.4. The molecular weight excluding hydrogens is 318 g/mol. The molecule has 0 spiro atoms. The number of hydrogen-bond acceptors (Lipinski definition) is 6. The highest BCUT2D eigenvalue weighted by molar-refractivity contribution is 9.10. The molecule has 1 atom stereocenters. The molecule has 1 aromatic rings. The van der Waals surface area contributed by atoms with Gasteiger partial charge in [-0.05, 0) is 15.9 Å². The van der Waals surface area contributed by atoms with Crippen LogP contribution in [0, 0.1) is 0 Å². The Morgan fingerprint density at radius 2 is 2.53 bits per heavy atom. The van der Waals surface area contributed by atoms with Crippen molar-refractivity contribution < 1.29 is 14.3 Å². The van der Waals surface area contributed by atoms with Gasteiger partial charge in [-0.15, -0.1) is 0 Å². The lowest BCUT2D eigenvalue weighted by Gasteiger charge is -2.33. The Balaban J connectivity index is 2.11. The molecular formula is C11H14BrN3O4. The lowest BCUT2D eigenvalue weighted by molar-refractivity contribution is -0.144. The van der Waals surface area contributed by atoms with Crippen molar-refractivity contribution in [1.29, 1.82) is 0 Å². The Kier molecular flexibility index (Phi) is 4.54. The third-order valence-corrected chi connectivity index (χ3v) is 3.55. The highest BCUT2D eigenvalue weighted by Gasteiger charge is 2.25. The van der Waals surface area contributed by atoms with Gasteiger partial charge in [0.25, 0.3) is 5.56 Å². The van der Waals surface area contributed by atoms with E-state index in [0.29, 0.717) is 30.0 Å². The third kappa shape index (κ3) is 3.32. The maximum atomic E-state index is 11.5. The lowest BCUT2D eigenvalue weighted by atomic mass is 10.2. The first kappa shape index (κ1) is 14.0. The standard InChI is InChI=1S/C11H14BrN3O4/c1-18-8(16)4-7-5-15(2-3-19-7)10-9(12)11(17)14-6-13-10/h6-7H,2-5H2,1H3,(H,13,14,17). The van der Waals surface area contributed by atoms with Crippen molar-refractivity contribution in [2.75, 3.05) is 31.7 Å². The van der Waals surface area contributed by atoms with Crippen molar-refractivity contribution >= 4 is 27.7 Å². The second-order valence-corrected chi connectivity index (χ2v) is 4.88. The van der Waals surface area contributed by atoms with E-state index in [-0.39, 0.29) is 24.1 Å². The number of carbonyl (C=O) groups excluding carboxylic acids is 1. The number of aromatic nitrogens is 2. The quantitative estimate of drug-likeness (QED) is 0.802. The minimum atomic E-state index is -0.315. The molecule has 1 fully saturated rings. The normalized spacial score (nSPS) is 19.3. The molecule has 1 saturated heterocycles. The predicted octanol–water partition coefficient (Wildman–Crippen LogP) is 0.301. The van der Waals surface area contributed by atoms with E-state index in [2.05, 4.69) is 30.6 Å². The van der Waals surface area contributed by atoms with Crippen LogP contribution in [0.3, 0.4) is 0 Å². The van der Waals surface area contributed by atoms with Gasteiger partial charge < -0.3 is 19.4 Å². The Morgan fingerprint density at radius 1 is 1.74 bits per heavy atom. The van der Waals surface area contributed by atoms with Gasteiger partial charge >= 0.3 is 5.97 Å². The molecule has 1 unspecified atom stereocenters. The van der Waals surface area contributed by atoms with Crippen LogP contribution >= 0.6 is 15.9 Å². The van der Waals surface area contributed by atoms with Crippen LogP contribution in [-0.4, -0.2) is 48.8 Å². The molecule has 2 heterocycles. The molecule has 0 radical (unpaired) electrons. The minimum absolute atomic E-state index is 0.188. The SMILES string of the molecule is COC(=O)CC1CN(c2nc[nH]c(=O)c2Br)CCO1. The summed E-state index contributed by atoms with van der Waals surface area (Å²) >= 11 is 3.22. The zero-order chi connectivity index (χ0) is 13.8. The summed E-state index contributed by atoms with van der Waals surface area (Å²) in [4.78, 5) is 31.3. The number of esters is 1. The number of methoxy groups -OCH3 is 1. The molecule has 1 N–H and O–H groups in total. The van der Waals surface area contributed by atoms with E-state index >= 15 is 0 Å². The van der Waals surface area contributed by atoms with Crippen LogP contribution < -0.4 is 10.5 Å². The number of nitrogens with one attached hydrogen (secondary N) is 1. The first-order chi connectivity index (χ1) is 9.11. The Bertz CT molecular complexity index is 519. The van der Waals surface area contributed by atoms with Gasteiger partial charge in [0.05, 0.1) is 32.6 Å². The number of nitrogens with zero attached hydrogens (tertiary/aromatic N) is 2. The molecule has 0 bridgehead atoms. The van der Waals surface area contributed by atoms with Gasteiger partial charge in [0.2, 0.25) is 0 Å². The summed E-state index contributed by atoms with van der Waals surface area (Å²) in [5, 5.41) is 0. The fourth-order valence-corrected chi connectivity index (χ4v) is 2.37. The number of halogens is 1. The number of anilines is 1. The van der Waals surface area contributed by atoms with Gasteiger partial charge in [0.1, 0.15) is 10.3 Å². The molecule has 1 aliphatic heterocycles. The van der Waals surface area contributed by atoms with Gasteiger partial charge in [-0.25, -0.2) is 4.98 Å². The predicted molar refractivity (Wildman–Crippen MR) is 71.1 cm³/mol. The van der Waals surface area contributed by atoms with Gasteiger partial charge in [-0.3, -0.25) is 9.59 Å². The highest BCUT2D eigenvalue weighted by atomic mass is 79.9. The fourth-order valence-electron chi connectivity index (χ4n) is 1.90. The Labute approximate surface area is 118 Å². The maximum absolute atomic E-state index is 11.5. The van der Waals surface area contributed by atoms with E-state index in [9.17, 15) is 9.59 Å². The van der Waals surface area contributed by atoms with Gasteiger partial charge in [0, 0.05) is 13.1 Å². The van der Waals surface area contributed by atoms with Crippen LogP contribution in [0.2, 0.25) is 0 Å². The first-order valence-corrected chi connectivity index (χ1v) is 6.57. The van der Waals surface area contributed by atoms with Crippen molar-refractivity contribution in [1.82, 2.24) is 9.97 Å². The molecule has 104 valence electrons. The third-order valence-electron chi connectivity index (χ3n) is 2.84. The largest absolute Gasteiger partial charge is 0.469 e. The van der Waals surface area contributed by atoms with E-state index in [0.717, 1.165) is 0 Å². The smallest absolute Gasteiger partial charge is 0.308 e. The van der Waals surface area contributed by atoms with Crippen molar-refractivity contribution in [3.05, 3.63) is 21.2 Å². The van der Waals surface area contributed by atoms with E-state index in [1.807, 2.05) is 4.90 Å². The second-order valence-electron chi connectivity index (χ2n) is 4.09. The number of morpholine rings is 1. The van der Waals surface area contributed by atoms with Crippen LogP contribution in [-0.2, 0) is 14.3 Å². The Hall–Kier alpha value is -1.41. The number of carbonyl (C=O) groups is 1. The van der Waals surface area contributed by atoms with E-state index in [4.69, 9.17) is 4.74 Å². The van der Waals surface area contributed by atoms with Gasteiger partial charge in [-0.1, -0.05) is 0 Å². The van der Waals surface area contributed by atoms with E-state index in [1.54, 1.807) is 0 Å². The Morgan fingerprint density at radius 3 is 3.26 bits per heavy atom. The summed E-state index contributed by atoms with van der Waals surface area (Å²) < 4.78 is 10.5. The fraction of sp³-hybridized carbons (Fsp3) is 0.545. The summed E-state index contributed by atoms with van der Waals surface area (Å²) in [6, 6.07) is 0. The number of aromatic amines is 1. The number of H-pyrrole nitrogens is 1. The molecule has 0 amide bonds. The highest BCUT2D eigenvalue weighted by Crippen LogP contribution is 2.22. The molecule has 19 heavy (non-hydrogen) atoms. The molecule has 0 aromatic carbocycles. The van der Waals surface area contributed by atoms with Crippen LogP contribution in [0.5, 0.6) is 0 Å². The van der Waals surface area contributed by atoms with E-state index in [1.165, 1.54) is 13.4 Å². The molecule has 7 nitrogen and oxygen atoms in total. The van der Waals surface area contributed by atoms with Gasteiger partial charge in [-0.2, -0.15) is 0 Å². The van der Waals surface area contributed by atoms with Crippen LogP contribution in [0.25, 0.3) is 0 Å². The van der Waals surface area contributed by atoms with Crippen molar-refractivity contribution in [3.8, 4) is 0 Å². The average Bonchev–Trinajstić information content (AvgIpc) is 2.42.